The van der Waals surface area contributed by atoms with Gasteiger partial charge >= 0.3 is 12.0 Å². The van der Waals surface area contributed by atoms with E-state index in [0.717, 1.165) is 41.0 Å². The maximum Gasteiger partial charge on any atom is 0.329 e. The molecule has 0 radical (unpaired) electrons. The van der Waals surface area contributed by atoms with Crippen molar-refractivity contribution in [2.45, 2.75) is 70.6 Å². The number of rotatable bonds is 14. The standard InChI is InChI=1S/C31H42N2O7/c1-4-39-26-19-25(20-27(40-5-2)28(26)24-11-12-24)22(3)33(15-18-38-21-23-9-7-6-8-10-23)30(36)32-31(29(34)35)13-16-37-17-14-31/h6-10,19-20,22,24H,4-5,11-18,21H2,1-3H3,(H,32,36)(H,34,35). The van der Waals surface area contributed by atoms with Crippen molar-refractivity contribution in [3.05, 3.63) is 59.2 Å². The number of hydrogen-bond donors (Lipinski definition) is 2. The van der Waals surface area contributed by atoms with Crippen LogP contribution in [0.15, 0.2) is 42.5 Å². The average molecular weight is 555 g/mol. The minimum Gasteiger partial charge on any atom is -0.493 e. The second-order valence-electron chi connectivity index (χ2n) is 10.4. The first-order valence-electron chi connectivity index (χ1n) is 14.3. The average Bonchev–Trinajstić information content (AvgIpc) is 3.79. The highest BCUT2D eigenvalue weighted by atomic mass is 16.5. The third kappa shape index (κ3) is 7.26. The number of ether oxygens (including phenoxy) is 4. The summed E-state index contributed by atoms with van der Waals surface area (Å²) in [5, 5.41) is 12.9. The van der Waals surface area contributed by atoms with Crippen molar-refractivity contribution >= 4 is 12.0 Å². The number of nitrogens with zero attached hydrogens (tertiary/aromatic N) is 1. The smallest absolute Gasteiger partial charge is 0.329 e. The van der Waals surface area contributed by atoms with E-state index in [9.17, 15) is 14.7 Å². The quantitative estimate of drug-likeness (QED) is 0.306. The highest BCUT2D eigenvalue weighted by Crippen LogP contribution is 2.50. The van der Waals surface area contributed by atoms with Crippen molar-refractivity contribution in [3.63, 3.8) is 0 Å². The lowest BCUT2D eigenvalue weighted by Crippen LogP contribution is -2.60. The van der Waals surface area contributed by atoms with Crippen LogP contribution in [-0.4, -0.2) is 67.1 Å². The molecule has 2 aromatic carbocycles. The molecule has 1 saturated carbocycles. The van der Waals surface area contributed by atoms with Crippen LogP contribution in [0.4, 0.5) is 4.79 Å². The van der Waals surface area contributed by atoms with Crippen LogP contribution in [0.25, 0.3) is 0 Å². The van der Waals surface area contributed by atoms with Crippen molar-refractivity contribution in [2.75, 3.05) is 39.6 Å². The second-order valence-corrected chi connectivity index (χ2v) is 10.4. The zero-order chi connectivity index (χ0) is 28.5. The van der Waals surface area contributed by atoms with E-state index >= 15 is 0 Å². The number of hydrogen-bond acceptors (Lipinski definition) is 6. The van der Waals surface area contributed by atoms with Crippen molar-refractivity contribution in [1.82, 2.24) is 10.2 Å². The summed E-state index contributed by atoms with van der Waals surface area (Å²) < 4.78 is 23.4. The fourth-order valence-electron chi connectivity index (χ4n) is 5.15. The summed E-state index contributed by atoms with van der Waals surface area (Å²) in [5.41, 5.74) is 1.61. The van der Waals surface area contributed by atoms with Gasteiger partial charge < -0.3 is 34.3 Å². The summed E-state index contributed by atoms with van der Waals surface area (Å²) in [6, 6.07) is 13.0. The van der Waals surface area contributed by atoms with Gasteiger partial charge in [0.15, 0.2) is 0 Å². The van der Waals surface area contributed by atoms with E-state index < -0.39 is 23.6 Å². The van der Waals surface area contributed by atoms with Crippen molar-refractivity contribution in [1.29, 1.82) is 0 Å². The van der Waals surface area contributed by atoms with Gasteiger partial charge in [-0.2, -0.15) is 0 Å². The number of carboxylic acids is 1. The van der Waals surface area contributed by atoms with Gasteiger partial charge in [0.05, 0.1) is 32.5 Å². The van der Waals surface area contributed by atoms with Crippen LogP contribution >= 0.6 is 0 Å². The SMILES string of the molecule is CCOc1cc(C(C)N(CCOCc2ccccc2)C(=O)NC2(C(=O)O)CCOCC2)cc(OCC)c1C1CC1. The summed E-state index contributed by atoms with van der Waals surface area (Å²) in [4.78, 5) is 27.7. The van der Waals surface area contributed by atoms with E-state index in [4.69, 9.17) is 18.9 Å². The lowest BCUT2D eigenvalue weighted by atomic mass is 9.90. The van der Waals surface area contributed by atoms with E-state index in [1.54, 1.807) is 4.90 Å². The van der Waals surface area contributed by atoms with Gasteiger partial charge in [-0.05, 0) is 62.8 Å². The molecule has 2 aromatic rings. The highest BCUT2D eigenvalue weighted by molar-refractivity contribution is 5.86. The number of benzene rings is 2. The minimum absolute atomic E-state index is 0.208. The molecule has 0 spiro atoms. The van der Waals surface area contributed by atoms with Gasteiger partial charge in [0, 0.05) is 38.2 Å². The lowest BCUT2D eigenvalue weighted by molar-refractivity contribution is -0.148. The predicted molar refractivity (Wildman–Crippen MR) is 151 cm³/mol. The fraction of sp³-hybridized carbons (Fsp3) is 0.548. The fourth-order valence-corrected chi connectivity index (χ4v) is 5.15. The van der Waals surface area contributed by atoms with Gasteiger partial charge in [-0.15, -0.1) is 0 Å². The van der Waals surface area contributed by atoms with Crippen molar-refractivity contribution in [3.8, 4) is 11.5 Å². The third-order valence-corrected chi connectivity index (χ3v) is 7.61. The monoisotopic (exact) mass is 554 g/mol. The lowest BCUT2D eigenvalue weighted by Gasteiger charge is -2.38. The van der Waals surface area contributed by atoms with Crippen LogP contribution < -0.4 is 14.8 Å². The Hall–Kier alpha value is -3.30. The summed E-state index contributed by atoms with van der Waals surface area (Å²) in [6.45, 7) is 8.41. The second kappa shape index (κ2) is 13.9. The van der Waals surface area contributed by atoms with Gasteiger partial charge in [0.25, 0.3) is 0 Å². The molecular weight excluding hydrogens is 512 g/mol. The Morgan fingerprint density at radius 3 is 2.25 bits per heavy atom. The molecule has 1 heterocycles. The van der Waals surface area contributed by atoms with Crippen LogP contribution in [0.2, 0.25) is 0 Å². The topological polar surface area (TPSA) is 107 Å². The Labute approximate surface area is 236 Å². The Morgan fingerprint density at radius 2 is 1.70 bits per heavy atom. The normalized spacial score (nSPS) is 17.1. The molecule has 2 aliphatic rings. The van der Waals surface area contributed by atoms with Gasteiger partial charge in [-0.3, -0.25) is 0 Å². The molecule has 1 aliphatic heterocycles. The molecule has 1 unspecified atom stereocenters. The maximum absolute atomic E-state index is 13.8. The Kier molecular flexibility index (Phi) is 10.3. The van der Waals surface area contributed by atoms with Crippen molar-refractivity contribution < 1.29 is 33.6 Å². The summed E-state index contributed by atoms with van der Waals surface area (Å²) in [7, 11) is 0. The van der Waals surface area contributed by atoms with Crippen LogP contribution in [0, 0.1) is 0 Å². The van der Waals surface area contributed by atoms with Gasteiger partial charge in [0.1, 0.15) is 17.0 Å². The molecule has 1 aliphatic carbocycles. The number of carbonyl (C=O) groups excluding carboxylic acids is 1. The predicted octanol–water partition coefficient (Wildman–Crippen LogP) is 5.28. The van der Waals surface area contributed by atoms with Crippen LogP contribution in [0.1, 0.15) is 75.1 Å². The van der Waals surface area contributed by atoms with Crippen LogP contribution in [0.3, 0.4) is 0 Å². The first-order chi connectivity index (χ1) is 19.4. The Morgan fingerprint density at radius 1 is 1.07 bits per heavy atom. The molecular formula is C31H42N2O7. The Balaban J connectivity index is 1.60. The number of amides is 2. The van der Waals surface area contributed by atoms with Gasteiger partial charge in [-0.1, -0.05) is 30.3 Å². The molecule has 0 aromatic heterocycles. The molecule has 1 saturated heterocycles. The van der Waals surface area contributed by atoms with E-state index in [-0.39, 0.29) is 39.2 Å². The number of nitrogens with one attached hydrogen (secondary N) is 1. The molecule has 9 nitrogen and oxygen atoms in total. The molecule has 1 atom stereocenters. The zero-order valence-corrected chi connectivity index (χ0v) is 23.8. The zero-order valence-electron chi connectivity index (χ0n) is 23.8. The van der Waals surface area contributed by atoms with E-state index in [0.29, 0.717) is 25.7 Å². The van der Waals surface area contributed by atoms with E-state index in [1.807, 2.05) is 63.2 Å². The number of aliphatic carboxylic acids is 1. The molecule has 2 fully saturated rings. The first kappa shape index (κ1) is 29.7. The van der Waals surface area contributed by atoms with Crippen molar-refractivity contribution in [2.24, 2.45) is 0 Å². The summed E-state index contributed by atoms with van der Waals surface area (Å²) in [6.07, 6.45) is 2.62. The highest BCUT2D eigenvalue weighted by Gasteiger charge is 2.43. The van der Waals surface area contributed by atoms with E-state index in [1.165, 1.54) is 0 Å². The maximum atomic E-state index is 13.8. The largest absolute Gasteiger partial charge is 0.493 e. The van der Waals surface area contributed by atoms with E-state index in [2.05, 4.69) is 5.32 Å². The molecule has 9 heteroatoms. The molecule has 0 bridgehead atoms. The number of carboxylic acid groups (broad SMARTS) is 1. The van der Waals surface area contributed by atoms with Crippen LogP contribution in [0.5, 0.6) is 11.5 Å². The third-order valence-electron chi connectivity index (χ3n) is 7.61. The van der Waals surface area contributed by atoms with Gasteiger partial charge in [0.2, 0.25) is 0 Å². The summed E-state index contributed by atoms with van der Waals surface area (Å²) in [5.74, 6) is 0.931. The molecule has 218 valence electrons. The number of urea groups is 1. The van der Waals surface area contributed by atoms with Gasteiger partial charge in [-0.25, -0.2) is 9.59 Å². The number of carbonyl (C=O) groups is 2. The summed E-state index contributed by atoms with van der Waals surface area (Å²) >= 11 is 0. The molecule has 2 N–H and O–H groups in total. The van der Waals surface area contributed by atoms with Crippen LogP contribution in [-0.2, 0) is 20.9 Å². The first-order valence-corrected chi connectivity index (χ1v) is 14.3. The minimum atomic E-state index is -1.37. The Bertz CT molecular complexity index is 1100. The molecule has 2 amide bonds. The molecule has 40 heavy (non-hydrogen) atoms. The molecule has 4 rings (SSSR count).